The molecule has 2 N–H and O–H groups in total. The maximum atomic E-state index is 5.97. The maximum Gasteiger partial charge on any atom is 0.191 e. The van der Waals surface area contributed by atoms with Crippen molar-refractivity contribution in [2.75, 3.05) is 20.2 Å². The first-order valence-electron chi connectivity index (χ1n) is 10.2. The molecule has 0 fully saturated rings. The summed E-state index contributed by atoms with van der Waals surface area (Å²) in [5.41, 5.74) is 2.03. The predicted octanol–water partition coefficient (Wildman–Crippen LogP) is 3.17. The molecule has 2 aromatic carbocycles. The van der Waals surface area contributed by atoms with Crippen molar-refractivity contribution >= 4 is 5.96 Å². The van der Waals surface area contributed by atoms with Crippen molar-refractivity contribution in [3.8, 4) is 17.2 Å². The van der Waals surface area contributed by atoms with Gasteiger partial charge in [-0.15, -0.1) is 0 Å². The highest BCUT2D eigenvalue weighted by Crippen LogP contribution is 2.30. The normalized spacial score (nSPS) is 15.3. The minimum absolute atomic E-state index is 0.0796. The molecule has 1 aromatic heterocycles. The summed E-state index contributed by atoms with van der Waals surface area (Å²) in [6.07, 6.45) is 1.68. The predicted molar refractivity (Wildman–Crippen MR) is 120 cm³/mol. The van der Waals surface area contributed by atoms with E-state index in [4.69, 9.17) is 14.2 Å². The van der Waals surface area contributed by atoms with Crippen LogP contribution in [0.4, 0.5) is 0 Å². The first-order valence-corrected chi connectivity index (χ1v) is 10.2. The van der Waals surface area contributed by atoms with E-state index in [0.29, 0.717) is 32.3 Å². The monoisotopic (exact) mass is 418 g/mol. The highest BCUT2D eigenvalue weighted by Gasteiger charge is 2.20. The number of pyridine rings is 1. The fourth-order valence-corrected chi connectivity index (χ4v) is 3.12. The van der Waals surface area contributed by atoms with Gasteiger partial charge in [-0.25, -0.2) is 0 Å². The molecule has 0 saturated carbocycles. The van der Waals surface area contributed by atoms with Crippen LogP contribution in [0.1, 0.15) is 11.3 Å². The molecule has 1 aliphatic heterocycles. The van der Waals surface area contributed by atoms with Crippen LogP contribution < -0.4 is 24.8 Å². The molecule has 31 heavy (non-hydrogen) atoms. The molecule has 4 rings (SSSR count). The molecule has 0 saturated heterocycles. The minimum Gasteiger partial charge on any atom is -0.487 e. The Morgan fingerprint density at radius 1 is 1.03 bits per heavy atom. The molecule has 0 spiro atoms. The van der Waals surface area contributed by atoms with Crippen LogP contribution in [0.25, 0.3) is 0 Å². The van der Waals surface area contributed by atoms with Crippen LogP contribution >= 0.6 is 0 Å². The number of hydrogen-bond acceptors (Lipinski definition) is 5. The van der Waals surface area contributed by atoms with Gasteiger partial charge in [0, 0.05) is 19.8 Å². The van der Waals surface area contributed by atoms with Crippen LogP contribution in [0.5, 0.6) is 17.2 Å². The number of guanidine groups is 1. The first kappa shape index (κ1) is 20.5. The fourth-order valence-electron chi connectivity index (χ4n) is 3.12. The number of aromatic nitrogens is 1. The minimum atomic E-state index is -0.0796. The maximum absolute atomic E-state index is 5.97. The number of hydrogen-bond donors (Lipinski definition) is 2. The molecular formula is C24H26N4O3. The molecule has 1 atom stereocenters. The summed E-state index contributed by atoms with van der Waals surface area (Å²) < 4.78 is 17.5. The summed E-state index contributed by atoms with van der Waals surface area (Å²) in [6, 6.07) is 21.5. The topological polar surface area (TPSA) is 77.0 Å². The molecule has 2 heterocycles. The smallest absolute Gasteiger partial charge is 0.191 e. The van der Waals surface area contributed by atoms with Gasteiger partial charge in [-0.1, -0.05) is 30.3 Å². The molecule has 0 bridgehead atoms. The van der Waals surface area contributed by atoms with E-state index >= 15 is 0 Å². The summed E-state index contributed by atoms with van der Waals surface area (Å²) in [5, 5.41) is 6.61. The van der Waals surface area contributed by atoms with Crippen LogP contribution in [0.3, 0.4) is 0 Å². The van der Waals surface area contributed by atoms with Crippen LogP contribution in [-0.4, -0.2) is 37.2 Å². The van der Waals surface area contributed by atoms with E-state index in [1.54, 1.807) is 13.2 Å². The number of nitrogens with one attached hydrogen (secondary N) is 2. The van der Waals surface area contributed by atoms with E-state index in [9.17, 15) is 0 Å². The van der Waals surface area contributed by atoms with Crippen molar-refractivity contribution in [1.29, 1.82) is 0 Å². The van der Waals surface area contributed by atoms with Crippen molar-refractivity contribution in [2.45, 2.75) is 19.3 Å². The van der Waals surface area contributed by atoms with Gasteiger partial charge in [-0.2, -0.15) is 0 Å². The third-order valence-electron chi connectivity index (χ3n) is 4.78. The Balaban J connectivity index is 1.21. The zero-order chi connectivity index (χ0) is 21.3. The third kappa shape index (κ3) is 5.88. The van der Waals surface area contributed by atoms with Crippen LogP contribution in [-0.2, 0) is 13.2 Å². The van der Waals surface area contributed by atoms with Gasteiger partial charge in [-0.3, -0.25) is 9.98 Å². The highest BCUT2D eigenvalue weighted by molar-refractivity contribution is 5.79. The lowest BCUT2D eigenvalue weighted by atomic mass is 10.2. The van der Waals surface area contributed by atoms with Gasteiger partial charge in [0.05, 0.1) is 12.2 Å². The second-order valence-corrected chi connectivity index (χ2v) is 7.06. The Hall–Kier alpha value is -3.74. The average Bonchev–Trinajstić information content (AvgIpc) is 2.84. The largest absolute Gasteiger partial charge is 0.487 e. The molecule has 3 aromatic rings. The number of aliphatic imine (C=N–C) groups is 1. The average molecular weight is 418 g/mol. The first-order chi connectivity index (χ1) is 15.3. The summed E-state index contributed by atoms with van der Waals surface area (Å²) in [5.74, 6) is 3.08. The lowest BCUT2D eigenvalue weighted by Gasteiger charge is -2.27. The molecule has 7 heteroatoms. The zero-order valence-corrected chi connectivity index (χ0v) is 17.5. The van der Waals surface area contributed by atoms with Crippen LogP contribution in [0.15, 0.2) is 77.9 Å². The van der Waals surface area contributed by atoms with Crippen molar-refractivity contribution in [3.05, 3.63) is 84.2 Å². The quantitative estimate of drug-likeness (QED) is 0.453. The Labute approximate surface area is 182 Å². The van der Waals surface area contributed by atoms with E-state index in [1.807, 2.05) is 66.7 Å². The molecule has 1 aliphatic rings. The Morgan fingerprint density at radius 3 is 2.61 bits per heavy atom. The van der Waals surface area contributed by atoms with Gasteiger partial charge in [0.1, 0.15) is 25.1 Å². The number of ether oxygens (including phenoxy) is 3. The van der Waals surface area contributed by atoms with E-state index in [0.717, 1.165) is 28.5 Å². The van der Waals surface area contributed by atoms with Crippen LogP contribution in [0.2, 0.25) is 0 Å². The second kappa shape index (κ2) is 10.3. The molecule has 160 valence electrons. The Bertz CT molecular complexity index is 993. The van der Waals surface area contributed by atoms with Crippen molar-refractivity contribution in [1.82, 2.24) is 15.6 Å². The molecule has 0 radical (unpaired) electrons. The highest BCUT2D eigenvalue weighted by atomic mass is 16.6. The molecular weight excluding hydrogens is 392 g/mol. The van der Waals surface area contributed by atoms with E-state index in [2.05, 4.69) is 20.6 Å². The zero-order valence-electron chi connectivity index (χ0n) is 17.5. The van der Waals surface area contributed by atoms with E-state index in [-0.39, 0.29) is 6.10 Å². The summed E-state index contributed by atoms with van der Waals surface area (Å²) in [7, 11) is 1.75. The van der Waals surface area contributed by atoms with Gasteiger partial charge in [0.25, 0.3) is 0 Å². The number of nitrogens with zero attached hydrogens (tertiary/aromatic N) is 2. The van der Waals surface area contributed by atoms with Gasteiger partial charge in [-0.05, 0) is 42.0 Å². The molecule has 0 aliphatic carbocycles. The summed E-state index contributed by atoms with van der Waals surface area (Å²) in [6.45, 7) is 2.19. The molecule has 0 amide bonds. The number of benzene rings is 2. The Kier molecular flexibility index (Phi) is 6.85. The molecule has 7 nitrogen and oxygen atoms in total. The standard InChI is InChI=1S/C24H26N4O3/c1-25-24(28-15-21-17-30-22-7-2-3-8-23(22)31-21)27-14-18-9-11-20(12-10-18)29-16-19-6-4-5-13-26-19/h2-13,21H,14-17H2,1H3,(H2,25,27,28). The molecule has 1 unspecified atom stereocenters. The summed E-state index contributed by atoms with van der Waals surface area (Å²) >= 11 is 0. The van der Waals surface area contributed by atoms with Crippen LogP contribution in [0, 0.1) is 0 Å². The van der Waals surface area contributed by atoms with Crippen molar-refractivity contribution in [3.63, 3.8) is 0 Å². The lowest BCUT2D eigenvalue weighted by Crippen LogP contribution is -2.45. The third-order valence-corrected chi connectivity index (χ3v) is 4.78. The van der Waals surface area contributed by atoms with Gasteiger partial charge in [0.15, 0.2) is 17.5 Å². The van der Waals surface area contributed by atoms with Gasteiger partial charge in [0.2, 0.25) is 0 Å². The Morgan fingerprint density at radius 2 is 1.84 bits per heavy atom. The fraction of sp³-hybridized carbons (Fsp3) is 0.250. The van der Waals surface area contributed by atoms with Crippen molar-refractivity contribution < 1.29 is 14.2 Å². The summed E-state index contributed by atoms with van der Waals surface area (Å²) in [4.78, 5) is 8.54. The SMILES string of the molecule is CN=C(NCc1ccc(OCc2ccccn2)cc1)NCC1COc2ccccc2O1. The number of rotatable bonds is 7. The number of fused-ring (bicyclic) bond motifs is 1. The van der Waals surface area contributed by atoms with E-state index < -0.39 is 0 Å². The van der Waals surface area contributed by atoms with Crippen molar-refractivity contribution in [2.24, 2.45) is 4.99 Å². The van der Waals surface area contributed by atoms with E-state index in [1.165, 1.54) is 0 Å². The number of para-hydroxylation sites is 2. The lowest BCUT2D eigenvalue weighted by molar-refractivity contribution is 0.0936. The van der Waals surface area contributed by atoms with Gasteiger partial charge < -0.3 is 24.8 Å². The van der Waals surface area contributed by atoms with Gasteiger partial charge >= 0.3 is 0 Å². The second-order valence-electron chi connectivity index (χ2n) is 7.06.